The average Bonchev–Trinajstić information content (AvgIpc) is 2.56. The van der Waals surface area contributed by atoms with Gasteiger partial charge in [0.2, 0.25) is 0 Å². The minimum absolute atomic E-state index is 0.0536. The maximum absolute atomic E-state index is 10.0. The van der Waals surface area contributed by atoms with Crippen molar-refractivity contribution in [1.29, 1.82) is 10.5 Å². The van der Waals surface area contributed by atoms with E-state index < -0.39 is 0 Å². The van der Waals surface area contributed by atoms with Gasteiger partial charge in [-0.25, -0.2) is 0 Å². The summed E-state index contributed by atoms with van der Waals surface area (Å²) in [6, 6.07) is 16.7. The summed E-state index contributed by atoms with van der Waals surface area (Å²) in [5.74, 6) is 0. The molecule has 130 valence electrons. The molecule has 3 aromatic carbocycles. The number of hydrogen-bond donors (Lipinski definition) is 0. The monoisotopic (exact) mass is 340 g/mol. The van der Waals surface area contributed by atoms with Crippen molar-refractivity contribution in [2.75, 3.05) is 0 Å². The first-order chi connectivity index (χ1) is 12.1. The van der Waals surface area contributed by atoms with Gasteiger partial charge < -0.3 is 0 Å². The van der Waals surface area contributed by atoms with Crippen molar-refractivity contribution in [2.24, 2.45) is 0 Å². The zero-order valence-electron chi connectivity index (χ0n) is 16.4. The second kappa shape index (κ2) is 5.86. The molecule has 0 fully saturated rings. The van der Waals surface area contributed by atoms with Crippen LogP contribution in [0.1, 0.15) is 63.8 Å². The van der Waals surface area contributed by atoms with Crippen LogP contribution in [-0.2, 0) is 10.8 Å². The third-order valence-corrected chi connectivity index (χ3v) is 4.97. The van der Waals surface area contributed by atoms with Crippen molar-refractivity contribution in [3.05, 3.63) is 58.7 Å². The van der Waals surface area contributed by atoms with E-state index in [9.17, 15) is 10.5 Å². The van der Waals surface area contributed by atoms with E-state index in [2.05, 4.69) is 59.7 Å². The molecule has 26 heavy (non-hydrogen) atoms. The van der Waals surface area contributed by atoms with Crippen molar-refractivity contribution in [3.63, 3.8) is 0 Å². The molecule has 3 aromatic rings. The maximum atomic E-state index is 10.0. The lowest BCUT2D eigenvalue weighted by atomic mass is 9.71. The molecule has 0 saturated carbocycles. The Bertz CT molecular complexity index is 1110. The standard InChI is InChI=1S/C24H24N2/c1-23(2,3)20-12-11-17-18(13-25)15-9-7-8-10-16(15)19(14-26)21(17)22(20)24(4,5)6/h7-12H,1-6H3. The minimum atomic E-state index is -0.150. The van der Waals surface area contributed by atoms with Crippen LogP contribution < -0.4 is 0 Å². The van der Waals surface area contributed by atoms with Crippen LogP contribution in [0.2, 0.25) is 0 Å². The molecule has 0 saturated heterocycles. The summed E-state index contributed by atoms with van der Waals surface area (Å²) in [6.45, 7) is 13.1. The van der Waals surface area contributed by atoms with Gasteiger partial charge in [-0.3, -0.25) is 0 Å². The second-order valence-corrected chi connectivity index (χ2v) is 8.93. The van der Waals surface area contributed by atoms with Crippen LogP contribution >= 0.6 is 0 Å². The van der Waals surface area contributed by atoms with E-state index in [-0.39, 0.29) is 10.8 Å². The van der Waals surface area contributed by atoms with E-state index in [1.165, 1.54) is 11.1 Å². The molecular formula is C24H24N2. The molecule has 0 unspecified atom stereocenters. The predicted molar refractivity (Wildman–Crippen MR) is 108 cm³/mol. The number of rotatable bonds is 0. The Morgan fingerprint density at radius 3 is 1.65 bits per heavy atom. The van der Waals surface area contributed by atoms with Crippen molar-refractivity contribution < 1.29 is 0 Å². The molecule has 0 spiro atoms. The number of fused-ring (bicyclic) bond motifs is 2. The van der Waals surface area contributed by atoms with Crippen molar-refractivity contribution in [1.82, 2.24) is 0 Å². The fourth-order valence-electron chi connectivity index (χ4n) is 3.91. The van der Waals surface area contributed by atoms with Crippen molar-refractivity contribution in [3.8, 4) is 12.1 Å². The van der Waals surface area contributed by atoms with E-state index in [0.717, 1.165) is 21.5 Å². The summed E-state index contributed by atoms with van der Waals surface area (Å²) in [6.07, 6.45) is 0. The minimum Gasteiger partial charge on any atom is -0.192 e. The van der Waals surface area contributed by atoms with E-state index in [1.54, 1.807) is 0 Å². The molecule has 2 heteroatoms. The van der Waals surface area contributed by atoms with Gasteiger partial charge in [0.15, 0.2) is 0 Å². The quantitative estimate of drug-likeness (QED) is 0.449. The number of nitriles is 2. The second-order valence-electron chi connectivity index (χ2n) is 8.93. The first-order valence-corrected chi connectivity index (χ1v) is 8.94. The molecule has 0 aliphatic rings. The molecule has 0 atom stereocenters. The predicted octanol–water partition coefficient (Wildman–Crippen LogP) is 6.33. The Morgan fingerprint density at radius 1 is 0.654 bits per heavy atom. The average molecular weight is 340 g/mol. The van der Waals surface area contributed by atoms with Gasteiger partial charge in [0, 0.05) is 21.5 Å². The molecule has 0 aliphatic heterocycles. The highest BCUT2D eigenvalue weighted by molar-refractivity contribution is 6.11. The fourth-order valence-corrected chi connectivity index (χ4v) is 3.91. The van der Waals surface area contributed by atoms with Gasteiger partial charge >= 0.3 is 0 Å². The summed E-state index contributed by atoms with van der Waals surface area (Å²) in [4.78, 5) is 0. The number of benzene rings is 3. The Kier molecular flexibility index (Phi) is 4.05. The highest BCUT2D eigenvalue weighted by Crippen LogP contribution is 2.43. The summed E-state index contributed by atoms with van der Waals surface area (Å²) in [5.41, 5.74) is 3.52. The summed E-state index contributed by atoms with van der Waals surface area (Å²) < 4.78 is 0. The third kappa shape index (κ3) is 2.63. The molecule has 0 heterocycles. The van der Waals surface area contributed by atoms with Gasteiger partial charge in [-0.2, -0.15) is 10.5 Å². The van der Waals surface area contributed by atoms with Crippen LogP contribution in [0, 0.1) is 22.7 Å². The Morgan fingerprint density at radius 2 is 1.19 bits per heavy atom. The van der Waals surface area contributed by atoms with Crippen molar-refractivity contribution in [2.45, 2.75) is 52.4 Å². The third-order valence-electron chi connectivity index (χ3n) is 4.97. The van der Waals surface area contributed by atoms with Crippen LogP contribution in [0.5, 0.6) is 0 Å². The zero-order valence-corrected chi connectivity index (χ0v) is 16.4. The first-order valence-electron chi connectivity index (χ1n) is 8.94. The topological polar surface area (TPSA) is 47.6 Å². The fraction of sp³-hybridized carbons (Fsp3) is 0.333. The van der Waals surface area contributed by atoms with Crippen LogP contribution in [0.3, 0.4) is 0 Å². The van der Waals surface area contributed by atoms with E-state index in [0.29, 0.717) is 11.1 Å². The highest BCUT2D eigenvalue weighted by atomic mass is 14.3. The van der Waals surface area contributed by atoms with Crippen LogP contribution in [0.25, 0.3) is 21.5 Å². The van der Waals surface area contributed by atoms with E-state index in [4.69, 9.17) is 0 Å². The Hall–Kier alpha value is -2.84. The summed E-state index contributed by atoms with van der Waals surface area (Å²) in [7, 11) is 0. The normalized spacial score (nSPS) is 12.2. The number of nitrogens with zero attached hydrogens (tertiary/aromatic N) is 2. The Balaban J connectivity index is 2.74. The molecule has 0 amide bonds. The lowest BCUT2D eigenvalue weighted by Gasteiger charge is -2.32. The smallest absolute Gasteiger partial charge is 0.100 e. The van der Waals surface area contributed by atoms with Crippen molar-refractivity contribution >= 4 is 21.5 Å². The van der Waals surface area contributed by atoms with Gasteiger partial charge in [-0.15, -0.1) is 0 Å². The summed E-state index contributed by atoms with van der Waals surface area (Å²) in [5, 5.41) is 23.5. The molecule has 0 aliphatic carbocycles. The molecule has 2 nitrogen and oxygen atoms in total. The lowest BCUT2D eigenvalue weighted by Crippen LogP contribution is -2.23. The molecule has 0 aromatic heterocycles. The lowest BCUT2D eigenvalue weighted by molar-refractivity contribution is 0.534. The van der Waals surface area contributed by atoms with Gasteiger partial charge in [0.05, 0.1) is 11.1 Å². The van der Waals surface area contributed by atoms with Crippen LogP contribution in [0.15, 0.2) is 36.4 Å². The van der Waals surface area contributed by atoms with Gasteiger partial charge in [-0.1, -0.05) is 77.9 Å². The van der Waals surface area contributed by atoms with Gasteiger partial charge in [0.1, 0.15) is 12.1 Å². The highest BCUT2D eigenvalue weighted by Gasteiger charge is 2.29. The number of hydrogen-bond acceptors (Lipinski definition) is 2. The van der Waals surface area contributed by atoms with Gasteiger partial charge in [-0.05, 0) is 22.0 Å². The van der Waals surface area contributed by atoms with Gasteiger partial charge in [0.25, 0.3) is 0 Å². The molecule has 0 N–H and O–H groups in total. The molecule has 3 rings (SSSR count). The summed E-state index contributed by atoms with van der Waals surface area (Å²) >= 11 is 0. The molecular weight excluding hydrogens is 316 g/mol. The molecule has 0 bridgehead atoms. The first kappa shape index (κ1) is 18.0. The SMILES string of the molecule is CC(C)(C)c1ccc2c(C#N)c3ccccc3c(C#N)c2c1C(C)(C)C. The van der Waals surface area contributed by atoms with Crippen LogP contribution in [0.4, 0.5) is 0 Å². The molecule has 0 radical (unpaired) electrons. The van der Waals surface area contributed by atoms with Crippen LogP contribution in [-0.4, -0.2) is 0 Å². The largest absolute Gasteiger partial charge is 0.192 e. The van der Waals surface area contributed by atoms with E-state index >= 15 is 0 Å². The van der Waals surface area contributed by atoms with E-state index in [1.807, 2.05) is 30.3 Å². The zero-order chi connectivity index (χ0) is 19.3. The Labute approximate surface area is 155 Å². The maximum Gasteiger partial charge on any atom is 0.100 e.